The van der Waals surface area contributed by atoms with Crippen molar-refractivity contribution in [1.82, 2.24) is 4.98 Å². The summed E-state index contributed by atoms with van der Waals surface area (Å²) in [5.74, 6) is 1.32. The lowest BCUT2D eigenvalue weighted by atomic mass is 10.2. The van der Waals surface area contributed by atoms with E-state index in [0.29, 0.717) is 55.3 Å². The lowest BCUT2D eigenvalue weighted by Gasteiger charge is -2.05. The molecule has 4 aromatic rings. The number of fused-ring (bicyclic) bond motifs is 2. The van der Waals surface area contributed by atoms with Gasteiger partial charge in [-0.2, -0.15) is 0 Å². The third kappa shape index (κ3) is 3.37. The Morgan fingerprint density at radius 2 is 1.79 bits per heavy atom. The summed E-state index contributed by atoms with van der Waals surface area (Å²) < 4.78 is 16.4. The van der Waals surface area contributed by atoms with Crippen LogP contribution in [0.1, 0.15) is 10.4 Å². The van der Waals surface area contributed by atoms with Crippen LogP contribution in [-0.4, -0.2) is 17.7 Å². The van der Waals surface area contributed by atoms with E-state index in [1.54, 1.807) is 54.6 Å². The number of rotatable bonds is 3. The van der Waals surface area contributed by atoms with Gasteiger partial charge in [-0.05, 0) is 54.6 Å². The number of anilines is 1. The Balaban J connectivity index is 1.41. The van der Waals surface area contributed by atoms with E-state index in [9.17, 15) is 4.79 Å². The number of carbonyl (C=O) groups excluding carboxylic acids is 1. The van der Waals surface area contributed by atoms with Crippen LogP contribution in [0.15, 0.2) is 59.0 Å². The van der Waals surface area contributed by atoms with Gasteiger partial charge in [-0.3, -0.25) is 4.79 Å². The predicted octanol–water partition coefficient (Wildman–Crippen LogP) is 5.78. The third-order valence-electron chi connectivity index (χ3n) is 4.45. The van der Waals surface area contributed by atoms with Gasteiger partial charge in [-0.25, -0.2) is 4.98 Å². The number of hydrogen-bond donors (Lipinski definition) is 1. The number of hydrogen-bond acceptors (Lipinski definition) is 5. The molecule has 6 nitrogen and oxygen atoms in total. The second-order valence-electron chi connectivity index (χ2n) is 6.35. The molecule has 0 spiro atoms. The van der Waals surface area contributed by atoms with Crippen LogP contribution in [0.2, 0.25) is 10.0 Å². The number of ether oxygens (including phenoxy) is 2. The maximum atomic E-state index is 12.6. The van der Waals surface area contributed by atoms with E-state index in [-0.39, 0.29) is 12.7 Å². The Morgan fingerprint density at radius 1 is 0.931 bits per heavy atom. The molecule has 0 unspecified atom stereocenters. The molecule has 0 bridgehead atoms. The standard InChI is InChI=1S/C21H12Cl2N2O4/c22-14-4-1-12(7-15(14)23)21-25-16-9-13(3-6-17(16)29-21)24-20(26)11-2-5-18-19(8-11)28-10-27-18/h1-9H,10H2,(H,24,26). The molecule has 0 radical (unpaired) electrons. The molecule has 8 heteroatoms. The fraction of sp³-hybridized carbons (Fsp3) is 0.0476. The van der Waals surface area contributed by atoms with Crippen LogP contribution >= 0.6 is 23.2 Å². The van der Waals surface area contributed by atoms with Gasteiger partial charge in [0, 0.05) is 16.8 Å². The summed E-state index contributed by atoms with van der Waals surface area (Å²) in [7, 11) is 0. The van der Waals surface area contributed by atoms with Gasteiger partial charge in [0.05, 0.1) is 10.0 Å². The molecule has 3 aromatic carbocycles. The zero-order valence-electron chi connectivity index (χ0n) is 14.7. The highest BCUT2D eigenvalue weighted by Crippen LogP contribution is 2.33. The second kappa shape index (κ2) is 6.99. The third-order valence-corrected chi connectivity index (χ3v) is 5.19. The number of nitrogens with zero attached hydrogens (tertiary/aromatic N) is 1. The largest absolute Gasteiger partial charge is 0.454 e. The van der Waals surface area contributed by atoms with Gasteiger partial charge in [-0.1, -0.05) is 23.2 Å². The topological polar surface area (TPSA) is 73.6 Å². The van der Waals surface area contributed by atoms with Crippen LogP contribution in [0.5, 0.6) is 11.5 Å². The summed E-state index contributed by atoms with van der Waals surface area (Å²) in [6.45, 7) is 0.157. The van der Waals surface area contributed by atoms with Crippen LogP contribution in [0.25, 0.3) is 22.6 Å². The van der Waals surface area contributed by atoms with Crippen molar-refractivity contribution in [2.45, 2.75) is 0 Å². The summed E-state index contributed by atoms with van der Waals surface area (Å²) in [6, 6.07) is 15.4. The molecule has 144 valence electrons. The highest BCUT2D eigenvalue weighted by atomic mass is 35.5. The van der Waals surface area contributed by atoms with Crippen molar-refractivity contribution < 1.29 is 18.7 Å². The first kappa shape index (κ1) is 17.8. The SMILES string of the molecule is O=C(Nc1ccc2oc(-c3ccc(Cl)c(Cl)c3)nc2c1)c1ccc2c(c1)OCO2. The highest BCUT2D eigenvalue weighted by molar-refractivity contribution is 6.42. The molecule has 1 amide bonds. The number of oxazole rings is 1. The first-order valence-corrected chi connectivity index (χ1v) is 9.39. The molecule has 29 heavy (non-hydrogen) atoms. The molecular weight excluding hydrogens is 415 g/mol. The van der Waals surface area contributed by atoms with E-state index in [2.05, 4.69) is 10.3 Å². The summed E-state index contributed by atoms with van der Waals surface area (Å²) >= 11 is 12.0. The van der Waals surface area contributed by atoms with E-state index in [0.717, 1.165) is 0 Å². The van der Waals surface area contributed by atoms with Gasteiger partial charge in [0.2, 0.25) is 12.7 Å². The van der Waals surface area contributed by atoms with Gasteiger partial charge >= 0.3 is 0 Å². The van der Waals surface area contributed by atoms with Gasteiger partial charge in [0.25, 0.3) is 5.91 Å². The van der Waals surface area contributed by atoms with Gasteiger partial charge in [-0.15, -0.1) is 0 Å². The van der Waals surface area contributed by atoms with Crippen molar-refractivity contribution >= 4 is 45.9 Å². The molecule has 1 N–H and O–H groups in total. The summed E-state index contributed by atoms with van der Waals surface area (Å²) in [6.07, 6.45) is 0. The number of nitrogens with one attached hydrogen (secondary N) is 1. The molecule has 1 aromatic heterocycles. The zero-order valence-corrected chi connectivity index (χ0v) is 16.3. The van der Waals surface area contributed by atoms with E-state index in [1.807, 2.05) is 0 Å². The van der Waals surface area contributed by atoms with Crippen LogP contribution in [-0.2, 0) is 0 Å². The number of aromatic nitrogens is 1. The van der Waals surface area contributed by atoms with E-state index >= 15 is 0 Å². The van der Waals surface area contributed by atoms with Crippen LogP contribution in [0.3, 0.4) is 0 Å². The molecular formula is C21H12Cl2N2O4. The summed E-state index contributed by atoms with van der Waals surface area (Å²) in [4.78, 5) is 17.1. The minimum atomic E-state index is -0.268. The molecule has 0 atom stereocenters. The fourth-order valence-electron chi connectivity index (χ4n) is 3.00. The number of amides is 1. The Morgan fingerprint density at radius 3 is 2.66 bits per heavy atom. The smallest absolute Gasteiger partial charge is 0.255 e. The van der Waals surface area contributed by atoms with Crippen molar-refractivity contribution in [3.05, 3.63) is 70.2 Å². The normalized spacial score (nSPS) is 12.3. The number of carbonyl (C=O) groups is 1. The second-order valence-corrected chi connectivity index (χ2v) is 7.17. The van der Waals surface area contributed by atoms with Gasteiger partial charge in [0.1, 0.15) is 5.52 Å². The van der Waals surface area contributed by atoms with Crippen molar-refractivity contribution in [1.29, 1.82) is 0 Å². The monoisotopic (exact) mass is 426 g/mol. The molecule has 0 saturated carbocycles. The Hall–Kier alpha value is -3.22. The van der Waals surface area contributed by atoms with Crippen LogP contribution in [0, 0.1) is 0 Å². The van der Waals surface area contributed by atoms with E-state index in [1.165, 1.54) is 0 Å². The number of benzene rings is 3. The Kier molecular flexibility index (Phi) is 4.30. The Labute approximate surface area is 175 Å². The predicted molar refractivity (Wildman–Crippen MR) is 110 cm³/mol. The molecule has 1 aliphatic heterocycles. The maximum Gasteiger partial charge on any atom is 0.255 e. The fourth-order valence-corrected chi connectivity index (χ4v) is 3.30. The average molecular weight is 427 g/mol. The lowest BCUT2D eigenvalue weighted by Crippen LogP contribution is -2.11. The highest BCUT2D eigenvalue weighted by Gasteiger charge is 2.17. The minimum Gasteiger partial charge on any atom is -0.454 e. The van der Waals surface area contributed by atoms with Gasteiger partial charge in [0.15, 0.2) is 17.1 Å². The molecule has 0 aliphatic carbocycles. The maximum absolute atomic E-state index is 12.6. The average Bonchev–Trinajstić information content (AvgIpc) is 3.35. The summed E-state index contributed by atoms with van der Waals surface area (Å²) in [5, 5.41) is 3.73. The van der Waals surface area contributed by atoms with Crippen LogP contribution < -0.4 is 14.8 Å². The van der Waals surface area contributed by atoms with Crippen LogP contribution in [0.4, 0.5) is 5.69 Å². The summed E-state index contributed by atoms with van der Waals surface area (Å²) in [5.41, 5.74) is 2.96. The van der Waals surface area contributed by atoms with E-state index in [4.69, 9.17) is 37.1 Å². The molecule has 0 fully saturated rings. The lowest BCUT2D eigenvalue weighted by molar-refractivity contribution is 0.102. The minimum absolute atomic E-state index is 0.157. The van der Waals surface area contributed by atoms with Crippen molar-refractivity contribution in [3.8, 4) is 23.0 Å². The quantitative estimate of drug-likeness (QED) is 0.449. The molecule has 5 rings (SSSR count). The first-order valence-electron chi connectivity index (χ1n) is 8.64. The van der Waals surface area contributed by atoms with Crippen molar-refractivity contribution in [2.24, 2.45) is 0 Å². The zero-order chi connectivity index (χ0) is 20.0. The number of halogens is 2. The molecule has 1 aliphatic rings. The van der Waals surface area contributed by atoms with Crippen molar-refractivity contribution in [3.63, 3.8) is 0 Å². The Bertz CT molecular complexity index is 1270. The molecule has 2 heterocycles. The molecule has 0 saturated heterocycles. The van der Waals surface area contributed by atoms with Gasteiger partial charge < -0.3 is 19.2 Å². The van der Waals surface area contributed by atoms with Crippen molar-refractivity contribution in [2.75, 3.05) is 12.1 Å². The first-order chi connectivity index (χ1) is 14.1. The van der Waals surface area contributed by atoms with E-state index < -0.39 is 0 Å².